The molecule has 0 unspecified atom stereocenters. The number of rotatable bonds is 8. The van der Waals surface area contributed by atoms with Crippen LogP contribution in [0.25, 0.3) is 11.6 Å². The van der Waals surface area contributed by atoms with E-state index in [-0.39, 0.29) is 11.8 Å². The molecule has 2 aliphatic carbocycles. The smallest absolute Gasteiger partial charge is 0.324 e. The minimum absolute atomic E-state index is 0.0891. The molecule has 0 spiro atoms. The number of nitrogens with two attached hydrogens (primary N) is 1. The molecule has 2 aromatic heterocycles. The highest BCUT2D eigenvalue weighted by atomic mass is 16.5. The summed E-state index contributed by atoms with van der Waals surface area (Å²) in [5.74, 6) is 3.80. The van der Waals surface area contributed by atoms with Crippen molar-refractivity contribution < 1.29 is 9.26 Å². The van der Waals surface area contributed by atoms with Gasteiger partial charge in [0, 0.05) is 25.4 Å². The number of aromatic nitrogens is 5. The van der Waals surface area contributed by atoms with Gasteiger partial charge < -0.3 is 25.2 Å². The van der Waals surface area contributed by atoms with Crippen LogP contribution < -0.4 is 16.0 Å². The molecule has 31 heavy (non-hydrogen) atoms. The lowest BCUT2D eigenvalue weighted by Crippen LogP contribution is -2.25. The zero-order valence-electron chi connectivity index (χ0n) is 17.0. The number of hydrogen-bond acceptors (Lipinski definition) is 10. The first-order valence-electron chi connectivity index (χ1n) is 10.7. The molecule has 10 heteroatoms. The highest BCUT2D eigenvalue weighted by Gasteiger charge is 2.56. The number of nitrogen functional groups attached to an aromatic ring is 1. The van der Waals surface area contributed by atoms with Crippen molar-refractivity contribution in [3.05, 3.63) is 30.3 Å². The van der Waals surface area contributed by atoms with Crippen molar-refractivity contribution in [3.63, 3.8) is 0 Å². The number of hydrogen-bond donors (Lipinski definition) is 2. The lowest BCUT2D eigenvalue weighted by molar-refractivity contribution is 0.108. The average molecular weight is 420 g/mol. The Morgan fingerprint density at radius 2 is 1.81 bits per heavy atom. The highest BCUT2D eigenvalue weighted by Crippen LogP contribution is 2.52. The number of nitrogens with one attached hydrogen (secondary N) is 1. The molecule has 3 heterocycles. The molecular formula is C21H24N8O2. The van der Waals surface area contributed by atoms with Gasteiger partial charge in [-0.2, -0.15) is 19.9 Å². The number of fused-ring (bicyclic) bond motifs is 1. The number of para-hydroxylation sites is 1. The summed E-state index contributed by atoms with van der Waals surface area (Å²) < 4.78 is 11.4. The van der Waals surface area contributed by atoms with Crippen LogP contribution in [0.15, 0.2) is 34.9 Å². The Kier molecular flexibility index (Phi) is 4.45. The van der Waals surface area contributed by atoms with E-state index in [9.17, 15) is 0 Å². The third kappa shape index (κ3) is 3.90. The van der Waals surface area contributed by atoms with Crippen molar-refractivity contribution in [1.82, 2.24) is 25.1 Å². The van der Waals surface area contributed by atoms with Crippen molar-refractivity contribution in [1.29, 1.82) is 0 Å². The molecule has 6 rings (SSSR count). The SMILES string of the molecule is Nc1nc(Nc2ccccc2)nc(-c2noc(N3C[C@@H]4[C@@H](COCC5CC5)[C@@H]4C3)n2)n1. The van der Waals surface area contributed by atoms with Gasteiger partial charge >= 0.3 is 6.01 Å². The van der Waals surface area contributed by atoms with E-state index in [1.807, 2.05) is 30.3 Å². The molecule has 3 N–H and O–H groups in total. The second kappa shape index (κ2) is 7.45. The zero-order valence-corrected chi connectivity index (χ0v) is 17.0. The third-order valence-corrected chi connectivity index (χ3v) is 6.30. The standard InChI is InChI=1S/C21H24N8O2/c22-19-24-17(25-20(27-19)23-13-4-2-1-3-5-13)18-26-21(31-28-18)29-8-14-15(9-29)16(14)11-30-10-12-6-7-12/h1-5,12,14-16H,6-11H2,(H3,22,23,24,25,27)/t14-,15+,16+. The van der Waals surface area contributed by atoms with Crippen LogP contribution in [0.2, 0.25) is 0 Å². The Morgan fingerprint density at radius 1 is 1.00 bits per heavy atom. The number of ether oxygens (including phenoxy) is 1. The summed E-state index contributed by atoms with van der Waals surface area (Å²) in [5, 5.41) is 7.18. The van der Waals surface area contributed by atoms with E-state index in [1.54, 1.807) is 0 Å². The molecule has 1 aliphatic heterocycles. The van der Waals surface area contributed by atoms with E-state index in [4.69, 9.17) is 15.0 Å². The average Bonchev–Trinajstić information content (AvgIpc) is 3.57. The molecule has 3 aromatic rings. The normalized spacial score (nSPS) is 24.3. The Balaban J connectivity index is 1.10. The maximum absolute atomic E-state index is 5.88. The van der Waals surface area contributed by atoms with Crippen molar-refractivity contribution >= 4 is 23.6 Å². The van der Waals surface area contributed by atoms with Gasteiger partial charge in [-0.15, -0.1) is 0 Å². The van der Waals surface area contributed by atoms with E-state index in [1.165, 1.54) is 12.8 Å². The predicted octanol–water partition coefficient (Wildman–Crippen LogP) is 2.36. The largest absolute Gasteiger partial charge is 0.381 e. The van der Waals surface area contributed by atoms with Crippen LogP contribution in [-0.4, -0.2) is 51.4 Å². The summed E-state index contributed by atoms with van der Waals surface area (Å²) in [5.41, 5.74) is 6.72. The lowest BCUT2D eigenvalue weighted by atomic mass is 10.3. The summed E-state index contributed by atoms with van der Waals surface area (Å²) in [6.07, 6.45) is 2.67. The van der Waals surface area contributed by atoms with Crippen LogP contribution in [0.4, 0.5) is 23.6 Å². The summed E-state index contributed by atoms with van der Waals surface area (Å²) >= 11 is 0. The van der Waals surface area contributed by atoms with Crippen molar-refractivity contribution in [2.24, 2.45) is 23.7 Å². The Bertz CT molecular complexity index is 1060. The van der Waals surface area contributed by atoms with Crippen LogP contribution in [0, 0.1) is 23.7 Å². The molecule has 0 bridgehead atoms. The maximum atomic E-state index is 5.88. The van der Waals surface area contributed by atoms with Crippen LogP contribution in [0.3, 0.4) is 0 Å². The molecular weight excluding hydrogens is 396 g/mol. The minimum atomic E-state index is 0.0891. The van der Waals surface area contributed by atoms with Crippen LogP contribution in [0.5, 0.6) is 0 Å². The van der Waals surface area contributed by atoms with Gasteiger partial charge in [0.2, 0.25) is 23.5 Å². The molecule has 3 aliphatic rings. The Hall–Kier alpha value is -3.27. The second-order valence-corrected chi connectivity index (χ2v) is 8.61. The number of piperidine rings is 1. The minimum Gasteiger partial charge on any atom is -0.381 e. The van der Waals surface area contributed by atoms with Gasteiger partial charge in [0.25, 0.3) is 0 Å². The molecule has 1 saturated heterocycles. The summed E-state index contributed by atoms with van der Waals surface area (Å²) in [4.78, 5) is 19.3. The van der Waals surface area contributed by atoms with Crippen molar-refractivity contribution in [2.75, 3.05) is 42.3 Å². The van der Waals surface area contributed by atoms with E-state index in [0.29, 0.717) is 35.5 Å². The first-order valence-corrected chi connectivity index (χ1v) is 10.7. The molecule has 1 aromatic carbocycles. The van der Waals surface area contributed by atoms with E-state index < -0.39 is 0 Å². The fraction of sp³-hybridized carbons (Fsp3) is 0.476. The molecule has 160 valence electrons. The maximum Gasteiger partial charge on any atom is 0.324 e. The molecule has 3 fully saturated rings. The first kappa shape index (κ1) is 18.5. The molecule has 0 radical (unpaired) electrons. The Labute approximate surface area is 179 Å². The van der Waals surface area contributed by atoms with E-state index in [0.717, 1.165) is 37.9 Å². The van der Waals surface area contributed by atoms with Gasteiger partial charge in [0.05, 0.1) is 6.61 Å². The quantitative estimate of drug-likeness (QED) is 0.560. The molecule has 3 atom stereocenters. The third-order valence-electron chi connectivity index (χ3n) is 6.30. The topological polar surface area (TPSA) is 128 Å². The summed E-state index contributed by atoms with van der Waals surface area (Å²) in [7, 11) is 0. The van der Waals surface area contributed by atoms with Gasteiger partial charge in [-0.25, -0.2) is 0 Å². The van der Waals surface area contributed by atoms with E-state index in [2.05, 4.69) is 35.3 Å². The summed E-state index contributed by atoms with van der Waals surface area (Å²) in [6, 6.07) is 10.1. The lowest BCUT2D eigenvalue weighted by Gasteiger charge is -2.16. The van der Waals surface area contributed by atoms with Crippen LogP contribution in [0.1, 0.15) is 12.8 Å². The van der Waals surface area contributed by atoms with Gasteiger partial charge in [-0.3, -0.25) is 0 Å². The molecule has 2 saturated carbocycles. The zero-order chi connectivity index (χ0) is 20.8. The summed E-state index contributed by atoms with van der Waals surface area (Å²) in [6.45, 7) is 3.66. The van der Waals surface area contributed by atoms with Crippen molar-refractivity contribution in [3.8, 4) is 11.6 Å². The number of nitrogens with zero attached hydrogens (tertiary/aromatic N) is 6. The van der Waals surface area contributed by atoms with Gasteiger partial charge in [-0.05, 0) is 48.6 Å². The number of benzene rings is 1. The second-order valence-electron chi connectivity index (χ2n) is 8.61. The van der Waals surface area contributed by atoms with Gasteiger partial charge in [0.1, 0.15) is 0 Å². The first-order chi connectivity index (χ1) is 15.2. The molecule has 10 nitrogen and oxygen atoms in total. The monoisotopic (exact) mass is 420 g/mol. The fourth-order valence-corrected chi connectivity index (χ4v) is 4.34. The predicted molar refractivity (Wildman–Crippen MR) is 113 cm³/mol. The fourth-order valence-electron chi connectivity index (χ4n) is 4.34. The van der Waals surface area contributed by atoms with Crippen LogP contribution in [-0.2, 0) is 4.74 Å². The van der Waals surface area contributed by atoms with Gasteiger partial charge in [0.15, 0.2) is 0 Å². The van der Waals surface area contributed by atoms with Gasteiger partial charge in [-0.1, -0.05) is 23.4 Å². The van der Waals surface area contributed by atoms with Crippen molar-refractivity contribution in [2.45, 2.75) is 12.8 Å². The Morgan fingerprint density at radius 3 is 2.58 bits per heavy atom. The molecule has 0 amide bonds. The van der Waals surface area contributed by atoms with E-state index >= 15 is 0 Å². The van der Waals surface area contributed by atoms with Crippen LogP contribution >= 0.6 is 0 Å². The number of anilines is 4. The highest BCUT2D eigenvalue weighted by molar-refractivity contribution is 5.57.